The number of benzene rings is 3. The van der Waals surface area contributed by atoms with E-state index in [0.717, 1.165) is 27.6 Å². The molecule has 0 spiro atoms. The van der Waals surface area contributed by atoms with Crippen molar-refractivity contribution in [3.8, 4) is 11.5 Å². The van der Waals surface area contributed by atoms with E-state index in [1.54, 1.807) is 43.3 Å². The molecule has 0 fully saturated rings. The van der Waals surface area contributed by atoms with Crippen LogP contribution in [-0.2, 0) is 21.5 Å². The topological polar surface area (TPSA) is 74.6 Å². The van der Waals surface area contributed by atoms with Gasteiger partial charge in [0.1, 0.15) is 16.4 Å². The average molecular weight is 492 g/mol. The Morgan fingerprint density at radius 2 is 1.74 bits per heavy atom. The second kappa shape index (κ2) is 9.96. The van der Waals surface area contributed by atoms with E-state index in [1.165, 1.54) is 0 Å². The molecule has 1 aromatic heterocycles. The van der Waals surface area contributed by atoms with Crippen molar-refractivity contribution in [2.45, 2.75) is 51.5 Å². The third kappa shape index (κ3) is 5.41. The van der Waals surface area contributed by atoms with Crippen LogP contribution in [0.15, 0.2) is 77.8 Å². The van der Waals surface area contributed by atoms with Crippen molar-refractivity contribution in [1.82, 2.24) is 4.57 Å². The summed E-state index contributed by atoms with van der Waals surface area (Å²) in [6.07, 6.45) is 2.31. The SMILES string of the molecule is CCC(=O)Oc1cccc(C(C)Cn2ccc3cc(OS(=O)(=O)c4ccc(C)cc4)ccc32)c1C. The lowest BCUT2D eigenvalue weighted by Crippen LogP contribution is -2.10. The summed E-state index contributed by atoms with van der Waals surface area (Å²) in [4.78, 5) is 11.9. The van der Waals surface area contributed by atoms with E-state index in [0.29, 0.717) is 18.7 Å². The van der Waals surface area contributed by atoms with Crippen molar-refractivity contribution in [3.63, 3.8) is 0 Å². The molecule has 0 amide bonds. The smallest absolute Gasteiger partial charge is 0.339 e. The first-order valence-electron chi connectivity index (χ1n) is 11.6. The summed E-state index contributed by atoms with van der Waals surface area (Å²) in [6, 6.07) is 19.6. The number of rotatable bonds is 8. The summed E-state index contributed by atoms with van der Waals surface area (Å²) in [5.41, 5.74) is 4.01. The van der Waals surface area contributed by atoms with Crippen LogP contribution in [0, 0.1) is 13.8 Å². The minimum absolute atomic E-state index is 0.122. The van der Waals surface area contributed by atoms with E-state index in [-0.39, 0.29) is 22.5 Å². The molecule has 0 bridgehead atoms. The van der Waals surface area contributed by atoms with Crippen molar-refractivity contribution < 1.29 is 22.1 Å². The monoisotopic (exact) mass is 491 g/mol. The molecule has 7 heteroatoms. The molecule has 35 heavy (non-hydrogen) atoms. The molecule has 1 heterocycles. The fourth-order valence-electron chi connectivity index (χ4n) is 4.13. The lowest BCUT2D eigenvalue weighted by atomic mass is 9.95. The molecular weight excluding hydrogens is 462 g/mol. The van der Waals surface area contributed by atoms with E-state index in [2.05, 4.69) is 17.6 Å². The summed E-state index contributed by atoms with van der Waals surface area (Å²) in [5, 5.41) is 0.885. The maximum absolute atomic E-state index is 12.6. The zero-order chi connectivity index (χ0) is 25.2. The molecule has 1 unspecified atom stereocenters. The maximum Gasteiger partial charge on any atom is 0.339 e. The number of hydrogen-bond acceptors (Lipinski definition) is 5. The first kappa shape index (κ1) is 24.5. The van der Waals surface area contributed by atoms with Gasteiger partial charge in [0.05, 0.1) is 0 Å². The van der Waals surface area contributed by atoms with Crippen LogP contribution in [0.3, 0.4) is 0 Å². The van der Waals surface area contributed by atoms with Gasteiger partial charge in [0, 0.05) is 30.1 Å². The molecule has 3 aromatic carbocycles. The van der Waals surface area contributed by atoms with Crippen molar-refractivity contribution in [2.24, 2.45) is 0 Å². The van der Waals surface area contributed by atoms with Gasteiger partial charge in [-0.2, -0.15) is 8.42 Å². The Hall–Kier alpha value is -3.58. The Bertz CT molecular complexity index is 1470. The molecule has 0 saturated carbocycles. The van der Waals surface area contributed by atoms with E-state index in [9.17, 15) is 13.2 Å². The molecule has 0 N–H and O–H groups in total. The number of aryl methyl sites for hydroxylation is 1. The Morgan fingerprint density at radius 1 is 1.00 bits per heavy atom. The van der Waals surface area contributed by atoms with Gasteiger partial charge in [-0.15, -0.1) is 0 Å². The Balaban J connectivity index is 1.54. The van der Waals surface area contributed by atoms with Crippen LogP contribution in [0.1, 0.15) is 42.9 Å². The zero-order valence-electron chi connectivity index (χ0n) is 20.3. The normalized spacial score (nSPS) is 12.5. The van der Waals surface area contributed by atoms with Crippen LogP contribution >= 0.6 is 0 Å². The summed E-state index contributed by atoms with van der Waals surface area (Å²) in [6.45, 7) is 8.48. The molecular formula is C28H29NO5S. The quantitative estimate of drug-likeness (QED) is 0.168. The van der Waals surface area contributed by atoms with Gasteiger partial charge in [0.15, 0.2) is 0 Å². The Labute approximate surface area is 206 Å². The van der Waals surface area contributed by atoms with Crippen molar-refractivity contribution in [1.29, 1.82) is 0 Å². The summed E-state index contributed by atoms with van der Waals surface area (Å²) in [5.74, 6) is 0.765. The second-order valence-corrected chi connectivity index (χ2v) is 10.3. The third-order valence-electron chi connectivity index (χ3n) is 6.10. The van der Waals surface area contributed by atoms with Crippen LogP contribution in [0.2, 0.25) is 0 Å². The minimum atomic E-state index is -3.91. The number of carbonyl (C=O) groups is 1. The lowest BCUT2D eigenvalue weighted by molar-refractivity contribution is -0.134. The van der Waals surface area contributed by atoms with E-state index < -0.39 is 10.1 Å². The highest BCUT2D eigenvalue weighted by Gasteiger charge is 2.18. The van der Waals surface area contributed by atoms with Gasteiger partial charge in [0.2, 0.25) is 0 Å². The van der Waals surface area contributed by atoms with Gasteiger partial charge in [-0.1, -0.05) is 43.7 Å². The molecule has 1 atom stereocenters. The first-order chi connectivity index (χ1) is 16.7. The van der Waals surface area contributed by atoms with Crippen LogP contribution in [0.4, 0.5) is 0 Å². The van der Waals surface area contributed by atoms with Gasteiger partial charge < -0.3 is 13.5 Å². The Kier molecular flexibility index (Phi) is 6.98. The number of nitrogens with zero attached hydrogens (tertiary/aromatic N) is 1. The highest BCUT2D eigenvalue weighted by molar-refractivity contribution is 7.87. The Morgan fingerprint density at radius 3 is 2.46 bits per heavy atom. The number of esters is 1. The molecule has 4 aromatic rings. The van der Waals surface area contributed by atoms with E-state index in [4.69, 9.17) is 8.92 Å². The average Bonchev–Trinajstić information content (AvgIpc) is 3.22. The highest BCUT2D eigenvalue weighted by Crippen LogP contribution is 2.31. The molecule has 6 nitrogen and oxygen atoms in total. The van der Waals surface area contributed by atoms with Crippen molar-refractivity contribution in [2.75, 3.05) is 0 Å². The van der Waals surface area contributed by atoms with E-state index >= 15 is 0 Å². The van der Waals surface area contributed by atoms with Gasteiger partial charge in [-0.25, -0.2) is 0 Å². The maximum atomic E-state index is 12.6. The van der Waals surface area contributed by atoms with E-state index in [1.807, 2.05) is 44.3 Å². The fraction of sp³-hybridized carbons (Fsp3) is 0.250. The van der Waals surface area contributed by atoms with Crippen molar-refractivity contribution >= 4 is 27.0 Å². The van der Waals surface area contributed by atoms with Crippen molar-refractivity contribution in [3.05, 3.63) is 89.6 Å². The first-order valence-corrected chi connectivity index (χ1v) is 13.0. The minimum Gasteiger partial charge on any atom is -0.426 e. The summed E-state index contributed by atoms with van der Waals surface area (Å²) in [7, 11) is -3.91. The second-order valence-electron chi connectivity index (χ2n) is 8.74. The van der Waals surface area contributed by atoms with Crippen LogP contribution in [0.5, 0.6) is 11.5 Å². The highest BCUT2D eigenvalue weighted by atomic mass is 32.2. The molecule has 4 rings (SSSR count). The number of ether oxygens (including phenoxy) is 1. The number of fused-ring (bicyclic) bond motifs is 1. The molecule has 0 aliphatic heterocycles. The molecule has 0 saturated heterocycles. The fourth-order valence-corrected chi connectivity index (χ4v) is 5.06. The van der Waals surface area contributed by atoms with Crippen LogP contribution in [0.25, 0.3) is 10.9 Å². The molecule has 0 aliphatic carbocycles. The molecule has 182 valence electrons. The summed E-state index contributed by atoms with van der Waals surface area (Å²) >= 11 is 0. The lowest BCUT2D eigenvalue weighted by Gasteiger charge is -2.18. The van der Waals surface area contributed by atoms with Crippen LogP contribution < -0.4 is 8.92 Å². The third-order valence-corrected chi connectivity index (χ3v) is 7.36. The van der Waals surface area contributed by atoms with Gasteiger partial charge >= 0.3 is 16.1 Å². The zero-order valence-corrected chi connectivity index (χ0v) is 21.1. The number of carbonyl (C=O) groups excluding carboxylic acids is 1. The van der Waals surface area contributed by atoms with Crippen LogP contribution in [-0.4, -0.2) is 19.0 Å². The summed E-state index contributed by atoms with van der Waals surface area (Å²) < 4.78 is 38.3. The largest absolute Gasteiger partial charge is 0.426 e. The standard InChI is InChI=1S/C28H29NO5S/c1-5-28(30)33-27-8-6-7-25(21(27)4)20(3)18-29-16-15-22-17-23(11-14-26(22)29)34-35(31,32)24-12-9-19(2)10-13-24/h6-17,20H,5,18H2,1-4H3. The van der Waals surface area contributed by atoms with Gasteiger partial charge in [-0.05, 0) is 73.4 Å². The molecule has 0 aliphatic rings. The number of aromatic nitrogens is 1. The predicted octanol–water partition coefficient (Wildman–Crippen LogP) is 6.14. The number of hydrogen-bond donors (Lipinski definition) is 0. The predicted molar refractivity (Wildman–Crippen MR) is 136 cm³/mol. The molecule has 0 radical (unpaired) electrons. The van der Waals surface area contributed by atoms with Gasteiger partial charge in [-0.3, -0.25) is 4.79 Å². The van der Waals surface area contributed by atoms with Gasteiger partial charge in [0.25, 0.3) is 0 Å².